The summed E-state index contributed by atoms with van der Waals surface area (Å²) in [6, 6.07) is 5.05. The third-order valence-corrected chi connectivity index (χ3v) is 4.34. The smallest absolute Gasteiger partial charge is 0.337 e. The van der Waals surface area contributed by atoms with Crippen molar-refractivity contribution in [3.63, 3.8) is 0 Å². The summed E-state index contributed by atoms with van der Waals surface area (Å²) in [7, 11) is 0. The van der Waals surface area contributed by atoms with Crippen molar-refractivity contribution in [1.82, 2.24) is 5.32 Å². The highest BCUT2D eigenvalue weighted by molar-refractivity contribution is 6.35. The molecule has 0 unspecified atom stereocenters. The molecule has 0 fully saturated rings. The number of benzene rings is 1. The Hall–Kier alpha value is -1.52. The third-order valence-electron chi connectivity index (χ3n) is 3.78. The second-order valence-corrected chi connectivity index (χ2v) is 6.50. The van der Waals surface area contributed by atoms with Crippen LogP contribution in [0.2, 0.25) is 10.0 Å². The van der Waals surface area contributed by atoms with Crippen molar-refractivity contribution in [1.29, 1.82) is 0 Å². The lowest BCUT2D eigenvalue weighted by Gasteiger charge is -2.27. The van der Waals surface area contributed by atoms with Crippen molar-refractivity contribution in [2.24, 2.45) is 0 Å². The minimum Gasteiger partial charge on any atom is -0.450 e. The molecule has 3 rings (SSSR count). The lowest BCUT2D eigenvalue weighted by Crippen LogP contribution is -2.38. The van der Waals surface area contributed by atoms with Gasteiger partial charge in [-0.15, -0.1) is 0 Å². The monoisotopic (exact) mass is 325 g/mol. The topological polar surface area (TPSA) is 55.4 Å². The number of ether oxygens (including phenoxy) is 1. The number of cyclic esters (lactones) is 1. The fourth-order valence-electron chi connectivity index (χ4n) is 2.83. The Labute approximate surface area is 132 Å². The molecule has 0 bridgehead atoms. The highest BCUT2D eigenvalue weighted by Crippen LogP contribution is 2.44. The molecule has 1 N–H and O–H groups in total. The zero-order valence-electron chi connectivity index (χ0n) is 11.5. The molecule has 21 heavy (non-hydrogen) atoms. The van der Waals surface area contributed by atoms with E-state index in [1.807, 2.05) is 0 Å². The number of hydrogen-bond acceptors (Lipinski definition) is 3. The molecule has 110 valence electrons. The maximum absolute atomic E-state index is 12.2. The molecule has 0 aliphatic carbocycles. The summed E-state index contributed by atoms with van der Waals surface area (Å²) in [5, 5.41) is 3.70. The first-order valence-electron chi connectivity index (χ1n) is 6.52. The van der Waals surface area contributed by atoms with Crippen LogP contribution >= 0.6 is 23.2 Å². The van der Waals surface area contributed by atoms with Crippen LogP contribution in [0.3, 0.4) is 0 Å². The average Bonchev–Trinajstić information content (AvgIpc) is 2.59. The number of carbonyl (C=O) groups is 2. The molecule has 0 saturated carbocycles. The van der Waals surface area contributed by atoms with Gasteiger partial charge in [-0.3, -0.25) is 4.79 Å². The van der Waals surface area contributed by atoms with Crippen molar-refractivity contribution in [2.75, 3.05) is 0 Å². The molecule has 6 heteroatoms. The van der Waals surface area contributed by atoms with E-state index in [9.17, 15) is 9.59 Å². The lowest BCUT2D eigenvalue weighted by molar-refractivity contribution is -0.144. The summed E-state index contributed by atoms with van der Waals surface area (Å²) in [6.45, 7) is 3.50. The van der Waals surface area contributed by atoms with E-state index in [0.717, 1.165) is 0 Å². The highest BCUT2D eigenvalue weighted by Gasteiger charge is 2.47. The molecular weight excluding hydrogens is 313 g/mol. The van der Waals surface area contributed by atoms with Gasteiger partial charge in [0.2, 0.25) is 5.91 Å². The molecule has 0 aromatic heterocycles. The van der Waals surface area contributed by atoms with E-state index in [1.54, 1.807) is 32.0 Å². The fraction of sp³-hybridized carbons (Fsp3) is 0.333. The fourth-order valence-corrected chi connectivity index (χ4v) is 3.37. The Kier molecular flexibility index (Phi) is 3.26. The third kappa shape index (κ3) is 2.32. The van der Waals surface area contributed by atoms with E-state index < -0.39 is 17.5 Å². The number of rotatable bonds is 1. The standard InChI is InChI=1S/C15H13Cl2NO3/c1-15(2)13-12(14(20)21-15)9(6-11(19)18-13)8-4-3-7(16)5-10(8)17/h3-5,9H,6H2,1-2H3,(H,18,19)/t9-/m0/s1. The first-order valence-corrected chi connectivity index (χ1v) is 7.28. The van der Waals surface area contributed by atoms with Crippen molar-refractivity contribution < 1.29 is 14.3 Å². The van der Waals surface area contributed by atoms with Gasteiger partial charge in [-0.1, -0.05) is 29.3 Å². The second kappa shape index (κ2) is 4.75. The minimum absolute atomic E-state index is 0.156. The summed E-state index contributed by atoms with van der Waals surface area (Å²) in [5.41, 5.74) is 0.876. The highest BCUT2D eigenvalue weighted by atomic mass is 35.5. The van der Waals surface area contributed by atoms with Gasteiger partial charge in [-0.2, -0.15) is 0 Å². The van der Waals surface area contributed by atoms with Gasteiger partial charge in [-0.25, -0.2) is 4.79 Å². The maximum Gasteiger partial charge on any atom is 0.337 e. The Morgan fingerprint density at radius 1 is 1.29 bits per heavy atom. The first-order chi connectivity index (χ1) is 9.79. The van der Waals surface area contributed by atoms with E-state index >= 15 is 0 Å². The van der Waals surface area contributed by atoms with Crippen molar-refractivity contribution >= 4 is 35.1 Å². The largest absolute Gasteiger partial charge is 0.450 e. The van der Waals surface area contributed by atoms with Crippen LogP contribution in [0.1, 0.15) is 31.7 Å². The Balaban J connectivity index is 2.15. The molecule has 2 aliphatic rings. The van der Waals surface area contributed by atoms with Crippen LogP contribution in [0.25, 0.3) is 0 Å². The van der Waals surface area contributed by atoms with Gasteiger partial charge in [0.25, 0.3) is 0 Å². The predicted molar refractivity (Wildman–Crippen MR) is 79.2 cm³/mol. The number of amides is 1. The van der Waals surface area contributed by atoms with Crippen molar-refractivity contribution in [3.05, 3.63) is 45.1 Å². The predicted octanol–water partition coefficient (Wildman–Crippen LogP) is 3.19. The van der Waals surface area contributed by atoms with Crippen LogP contribution in [0.5, 0.6) is 0 Å². The normalized spacial score (nSPS) is 23.7. The zero-order valence-corrected chi connectivity index (χ0v) is 13.0. The summed E-state index contributed by atoms with van der Waals surface area (Å²) < 4.78 is 5.36. The Bertz CT molecular complexity index is 694. The summed E-state index contributed by atoms with van der Waals surface area (Å²) in [5.74, 6) is -0.977. The molecule has 2 aliphatic heterocycles. The van der Waals surface area contributed by atoms with Gasteiger partial charge in [0.05, 0.1) is 11.3 Å². The molecule has 0 spiro atoms. The van der Waals surface area contributed by atoms with Crippen LogP contribution in [0.15, 0.2) is 29.5 Å². The molecule has 2 heterocycles. The number of carbonyl (C=O) groups excluding carboxylic acids is 2. The molecular formula is C15H13Cl2NO3. The Morgan fingerprint density at radius 2 is 2.00 bits per heavy atom. The number of hydrogen-bond donors (Lipinski definition) is 1. The van der Waals surface area contributed by atoms with Gasteiger partial charge < -0.3 is 10.1 Å². The summed E-state index contributed by atoms with van der Waals surface area (Å²) in [4.78, 5) is 24.2. The molecule has 0 radical (unpaired) electrons. The van der Waals surface area contributed by atoms with Gasteiger partial charge in [0.15, 0.2) is 0 Å². The first kappa shape index (κ1) is 14.4. The van der Waals surface area contributed by atoms with Crippen LogP contribution in [-0.4, -0.2) is 17.5 Å². The van der Waals surface area contributed by atoms with Gasteiger partial charge >= 0.3 is 5.97 Å². The van der Waals surface area contributed by atoms with E-state index in [2.05, 4.69) is 5.32 Å². The van der Waals surface area contributed by atoms with E-state index in [4.69, 9.17) is 27.9 Å². The SMILES string of the molecule is CC1(C)OC(=O)C2=C1NC(=O)C[C@H]2c1ccc(Cl)cc1Cl. The van der Waals surface area contributed by atoms with Crippen LogP contribution in [-0.2, 0) is 14.3 Å². The zero-order chi connectivity index (χ0) is 15.4. The number of esters is 1. The summed E-state index contributed by atoms with van der Waals surface area (Å²) in [6.07, 6.45) is 0.158. The summed E-state index contributed by atoms with van der Waals surface area (Å²) >= 11 is 12.1. The average molecular weight is 326 g/mol. The molecule has 0 saturated heterocycles. The van der Waals surface area contributed by atoms with E-state index in [1.165, 1.54) is 0 Å². The van der Waals surface area contributed by atoms with Gasteiger partial charge in [-0.05, 0) is 31.5 Å². The maximum atomic E-state index is 12.2. The van der Waals surface area contributed by atoms with Crippen LogP contribution in [0.4, 0.5) is 0 Å². The number of nitrogens with one attached hydrogen (secondary N) is 1. The van der Waals surface area contributed by atoms with Crippen molar-refractivity contribution in [3.8, 4) is 0 Å². The molecule has 1 atom stereocenters. The minimum atomic E-state index is -0.834. The van der Waals surface area contributed by atoms with Crippen LogP contribution in [0, 0.1) is 0 Å². The molecule has 1 aromatic carbocycles. The number of halogens is 2. The molecule has 1 aromatic rings. The Morgan fingerprint density at radius 3 is 2.67 bits per heavy atom. The molecule has 4 nitrogen and oxygen atoms in total. The quantitative estimate of drug-likeness (QED) is 0.807. The van der Waals surface area contributed by atoms with Crippen molar-refractivity contribution in [2.45, 2.75) is 31.8 Å². The van der Waals surface area contributed by atoms with Crippen LogP contribution < -0.4 is 5.32 Å². The molecule has 1 amide bonds. The lowest BCUT2D eigenvalue weighted by atomic mass is 9.83. The second-order valence-electron chi connectivity index (χ2n) is 5.66. The van der Waals surface area contributed by atoms with E-state index in [-0.39, 0.29) is 12.3 Å². The van der Waals surface area contributed by atoms with E-state index in [0.29, 0.717) is 26.9 Å². The van der Waals surface area contributed by atoms with Gasteiger partial charge in [0.1, 0.15) is 5.60 Å². The van der Waals surface area contributed by atoms with Gasteiger partial charge in [0, 0.05) is 22.4 Å².